The number of nitrogens with two attached hydrogens (primary N) is 1. The van der Waals surface area contributed by atoms with Crippen LogP contribution >= 0.6 is 15.9 Å². The van der Waals surface area contributed by atoms with E-state index in [1.165, 1.54) is 7.11 Å². The summed E-state index contributed by atoms with van der Waals surface area (Å²) in [7, 11) is 1.30. The predicted octanol–water partition coefficient (Wildman–Crippen LogP) is 3.14. The molecule has 2 atom stereocenters. The fourth-order valence-electron chi connectivity index (χ4n) is 3.25. The highest BCUT2D eigenvalue weighted by molar-refractivity contribution is 9.10. The number of esters is 1. The van der Waals surface area contributed by atoms with Crippen molar-refractivity contribution >= 4 is 39.3 Å². The van der Waals surface area contributed by atoms with Gasteiger partial charge in [0, 0.05) is 16.4 Å². The highest BCUT2D eigenvalue weighted by Crippen LogP contribution is 2.36. The average molecular weight is 432 g/mol. The summed E-state index contributed by atoms with van der Waals surface area (Å²) in [5.41, 5.74) is 6.60. The van der Waals surface area contributed by atoms with Crippen LogP contribution in [0.2, 0.25) is 0 Å². The largest absolute Gasteiger partial charge is 0.465 e. The Balaban J connectivity index is 1.94. The van der Waals surface area contributed by atoms with E-state index < -0.39 is 11.9 Å². The maximum absolute atomic E-state index is 11.9. The number of anilines is 2. The van der Waals surface area contributed by atoms with Crippen molar-refractivity contribution in [3.63, 3.8) is 0 Å². The van der Waals surface area contributed by atoms with E-state index in [0.717, 1.165) is 19.3 Å². The third-order valence-electron chi connectivity index (χ3n) is 4.62. The van der Waals surface area contributed by atoms with E-state index in [2.05, 4.69) is 32.4 Å². The second kappa shape index (κ2) is 7.80. The molecular formula is C18H18BrN5O3. The van der Waals surface area contributed by atoms with Gasteiger partial charge in [-0.1, -0.05) is 0 Å². The molecule has 0 saturated heterocycles. The Morgan fingerprint density at radius 1 is 1.41 bits per heavy atom. The van der Waals surface area contributed by atoms with Crippen LogP contribution in [0.5, 0.6) is 0 Å². The third-order valence-corrected chi connectivity index (χ3v) is 5.31. The van der Waals surface area contributed by atoms with Gasteiger partial charge in [0.25, 0.3) is 5.91 Å². The van der Waals surface area contributed by atoms with Crippen LogP contribution in [-0.4, -0.2) is 28.8 Å². The van der Waals surface area contributed by atoms with E-state index in [9.17, 15) is 14.9 Å². The van der Waals surface area contributed by atoms with Crippen molar-refractivity contribution < 1.29 is 14.3 Å². The van der Waals surface area contributed by atoms with Crippen LogP contribution in [0.3, 0.4) is 0 Å². The van der Waals surface area contributed by atoms with Gasteiger partial charge in [-0.25, -0.2) is 4.79 Å². The summed E-state index contributed by atoms with van der Waals surface area (Å²) in [5.74, 6) is -0.976. The Hall–Kier alpha value is -2.86. The quantitative estimate of drug-likeness (QED) is 0.700. The fraction of sp³-hybridized carbons (Fsp3) is 0.333. The van der Waals surface area contributed by atoms with Gasteiger partial charge in [-0.05, 0) is 53.4 Å². The topological polar surface area (TPSA) is 123 Å². The molecule has 1 fully saturated rings. The molecular weight excluding hydrogens is 414 g/mol. The van der Waals surface area contributed by atoms with E-state index in [1.807, 2.05) is 0 Å². The van der Waals surface area contributed by atoms with Gasteiger partial charge in [0.2, 0.25) is 0 Å². The number of hydrogen-bond donors (Lipinski definition) is 2. The van der Waals surface area contributed by atoms with E-state index in [0.29, 0.717) is 15.7 Å². The Labute approximate surface area is 164 Å². The molecule has 1 aliphatic rings. The molecule has 1 aliphatic carbocycles. The number of amides is 1. The molecule has 27 heavy (non-hydrogen) atoms. The van der Waals surface area contributed by atoms with Crippen LogP contribution in [0.1, 0.15) is 46.0 Å². The van der Waals surface area contributed by atoms with Gasteiger partial charge in [0.05, 0.1) is 30.7 Å². The summed E-state index contributed by atoms with van der Waals surface area (Å²) in [6.07, 6.45) is 4.14. The zero-order valence-corrected chi connectivity index (χ0v) is 16.2. The molecule has 140 valence electrons. The fourth-order valence-corrected chi connectivity index (χ4v) is 3.66. The number of nitrogens with one attached hydrogen (secondary N) is 1. The number of rotatable bonds is 5. The van der Waals surface area contributed by atoms with Crippen molar-refractivity contribution in [2.24, 2.45) is 11.7 Å². The zero-order chi connectivity index (χ0) is 19.6. The molecule has 3 N–H and O–H groups in total. The summed E-state index contributed by atoms with van der Waals surface area (Å²) in [5, 5.41) is 16.8. The summed E-state index contributed by atoms with van der Waals surface area (Å²) in [6, 6.07) is 7.23. The van der Waals surface area contributed by atoms with Gasteiger partial charge >= 0.3 is 5.97 Å². The molecule has 1 amide bonds. The summed E-state index contributed by atoms with van der Waals surface area (Å²) >= 11 is 3.31. The molecule has 0 bridgehead atoms. The minimum Gasteiger partial charge on any atom is -0.465 e. The van der Waals surface area contributed by atoms with Crippen molar-refractivity contribution in [2.75, 3.05) is 12.4 Å². The Bertz CT molecular complexity index is 934. The molecule has 2 unspecified atom stereocenters. The lowest BCUT2D eigenvalue weighted by molar-refractivity contribution is 0.0599. The molecule has 2 aromatic rings. The number of halogens is 1. The van der Waals surface area contributed by atoms with Crippen LogP contribution in [0.15, 0.2) is 28.9 Å². The van der Waals surface area contributed by atoms with Crippen LogP contribution in [-0.2, 0) is 4.74 Å². The summed E-state index contributed by atoms with van der Waals surface area (Å²) < 4.78 is 6.99. The first kappa shape index (κ1) is 18.9. The van der Waals surface area contributed by atoms with E-state index in [1.54, 1.807) is 29.1 Å². The lowest BCUT2D eigenvalue weighted by Crippen LogP contribution is -2.14. The number of hydrogen-bond acceptors (Lipinski definition) is 6. The molecule has 1 aromatic carbocycles. The number of nitrogens with zero attached hydrogens (tertiary/aromatic N) is 3. The molecule has 9 heteroatoms. The average Bonchev–Trinajstić information content (AvgIpc) is 3.29. The second-order valence-electron chi connectivity index (χ2n) is 6.28. The first-order valence-corrected chi connectivity index (χ1v) is 9.17. The summed E-state index contributed by atoms with van der Waals surface area (Å²) in [4.78, 5) is 23.7. The number of aromatic nitrogens is 2. The number of carbonyl (C=O) groups excluding carboxylic acids is 2. The molecule has 0 spiro atoms. The molecule has 1 aromatic heterocycles. The standard InChI is InChI=1S/C18H18BrN5O3/c1-27-18(26)12-7-11(5-6-14(12)19)22-17-13(16(21)25)9-24(23-17)15-4-2-3-10(15)8-20/h5-7,9-10,15H,2-4H2,1H3,(H2,21,25)(H,22,23). The highest BCUT2D eigenvalue weighted by atomic mass is 79.9. The molecule has 0 aliphatic heterocycles. The van der Waals surface area contributed by atoms with Crippen LogP contribution in [0.4, 0.5) is 11.5 Å². The van der Waals surface area contributed by atoms with Crippen molar-refractivity contribution in [1.29, 1.82) is 5.26 Å². The smallest absolute Gasteiger partial charge is 0.339 e. The highest BCUT2D eigenvalue weighted by Gasteiger charge is 2.30. The van der Waals surface area contributed by atoms with Gasteiger partial charge < -0.3 is 15.8 Å². The van der Waals surface area contributed by atoms with E-state index >= 15 is 0 Å². The number of ether oxygens (including phenoxy) is 1. The van der Waals surface area contributed by atoms with Gasteiger partial charge in [-0.3, -0.25) is 9.48 Å². The first-order chi connectivity index (χ1) is 12.9. The zero-order valence-electron chi connectivity index (χ0n) is 14.6. The molecule has 3 rings (SSSR count). The predicted molar refractivity (Wildman–Crippen MR) is 102 cm³/mol. The lowest BCUT2D eigenvalue weighted by atomic mass is 10.1. The van der Waals surface area contributed by atoms with Gasteiger partial charge in [0.15, 0.2) is 5.82 Å². The molecule has 8 nitrogen and oxygen atoms in total. The number of nitriles is 1. The number of methoxy groups -OCH3 is 1. The van der Waals surface area contributed by atoms with Gasteiger partial charge in [-0.2, -0.15) is 10.4 Å². The second-order valence-corrected chi connectivity index (χ2v) is 7.14. The maximum Gasteiger partial charge on any atom is 0.339 e. The van der Waals surface area contributed by atoms with E-state index in [4.69, 9.17) is 10.5 Å². The van der Waals surface area contributed by atoms with Crippen LogP contribution in [0.25, 0.3) is 0 Å². The third kappa shape index (κ3) is 3.80. The van der Waals surface area contributed by atoms with Crippen molar-refractivity contribution in [3.8, 4) is 6.07 Å². The normalized spacial score (nSPS) is 18.7. The first-order valence-electron chi connectivity index (χ1n) is 8.38. The monoisotopic (exact) mass is 431 g/mol. The maximum atomic E-state index is 11.9. The van der Waals surface area contributed by atoms with Crippen molar-refractivity contribution in [3.05, 3.63) is 40.0 Å². The SMILES string of the molecule is COC(=O)c1cc(Nc2nn(C3CCCC3C#N)cc2C(N)=O)ccc1Br. The van der Waals surface area contributed by atoms with E-state index in [-0.39, 0.29) is 23.3 Å². The summed E-state index contributed by atoms with van der Waals surface area (Å²) in [6.45, 7) is 0. The molecule has 1 saturated carbocycles. The minimum absolute atomic E-state index is 0.0841. The number of carbonyl (C=O) groups is 2. The lowest BCUT2D eigenvalue weighted by Gasteiger charge is -2.13. The minimum atomic E-state index is -0.624. The van der Waals surface area contributed by atoms with Crippen molar-refractivity contribution in [1.82, 2.24) is 9.78 Å². The molecule has 0 radical (unpaired) electrons. The van der Waals surface area contributed by atoms with Gasteiger partial charge in [0.1, 0.15) is 5.56 Å². The van der Waals surface area contributed by atoms with Crippen LogP contribution < -0.4 is 11.1 Å². The Morgan fingerprint density at radius 2 is 2.19 bits per heavy atom. The van der Waals surface area contributed by atoms with Gasteiger partial charge in [-0.15, -0.1) is 0 Å². The van der Waals surface area contributed by atoms with Crippen molar-refractivity contribution in [2.45, 2.75) is 25.3 Å². The Kier molecular flexibility index (Phi) is 5.46. The Morgan fingerprint density at radius 3 is 2.85 bits per heavy atom. The number of primary amides is 1. The number of benzene rings is 1. The van der Waals surface area contributed by atoms with Crippen LogP contribution in [0, 0.1) is 17.2 Å². The molecule has 1 heterocycles.